The van der Waals surface area contributed by atoms with E-state index in [1.807, 2.05) is 41.2 Å². The van der Waals surface area contributed by atoms with E-state index in [9.17, 15) is 0 Å². The van der Waals surface area contributed by atoms with E-state index in [1.165, 1.54) is 16.3 Å². The molecule has 3 aromatic carbocycles. The fourth-order valence-electron chi connectivity index (χ4n) is 4.56. The summed E-state index contributed by atoms with van der Waals surface area (Å²) in [7, 11) is 0. The first-order valence-corrected chi connectivity index (χ1v) is 11.0. The normalized spacial score (nSPS) is 14.9. The SMILES string of the molecule is c1ccc(-n2ncc3c(N4CCN(Cc5ccc6ccccc6c5)CC4)ncnc32)cc1. The van der Waals surface area contributed by atoms with E-state index < -0.39 is 0 Å². The Kier molecular flexibility index (Phi) is 4.77. The minimum absolute atomic E-state index is 0.847. The number of aromatic nitrogens is 4. The largest absolute Gasteiger partial charge is 0.353 e. The van der Waals surface area contributed by atoms with Crippen molar-refractivity contribution < 1.29 is 0 Å². The predicted molar refractivity (Wildman–Crippen MR) is 128 cm³/mol. The van der Waals surface area contributed by atoms with Crippen LogP contribution in [-0.2, 0) is 6.54 Å². The minimum atomic E-state index is 0.847. The fourth-order valence-corrected chi connectivity index (χ4v) is 4.56. The monoisotopic (exact) mass is 420 g/mol. The van der Waals surface area contributed by atoms with Gasteiger partial charge in [-0.25, -0.2) is 14.6 Å². The van der Waals surface area contributed by atoms with Gasteiger partial charge >= 0.3 is 0 Å². The summed E-state index contributed by atoms with van der Waals surface area (Å²) in [6, 6.07) is 25.5. The number of hydrogen-bond acceptors (Lipinski definition) is 5. The molecule has 0 atom stereocenters. The van der Waals surface area contributed by atoms with Crippen LogP contribution in [0, 0.1) is 0 Å². The zero-order valence-corrected chi connectivity index (χ0v) is 17.8. The quantitative estimate of drug-likeness (QED) is 0.434. The van der Waals surface area contributed by atoms with Gasteiger partial charge in [-0.2, -0.15) is 5.10 Å². The first-order chi connectivity index (χ1) is 15.8. The van der Waals surface area contributed by atoms with Crippen LogP contribution in [0.5, 0.6) is 0 Å². The molecule has 1 aliphatic rings. The van der Waals surface area contributed by atoms with Crippen molar-refractivity contribution in [1.82, 2.24) is 24.6 Å². The summed E-state index contributed by atoms with van der Waals surface area (Å²) in [5.41, 5.74) is 3.22. The number of anilines is 1. The standard InChI is InChI=1S/C26H24N6/c1-2-8-23(9-3-1)32-26-24(17-29-32)25(27-19-28-26)31-14-12-30(13-15-31)18-20-10-11-21-6-4-5-7-22(21)16-20/h1-11,16-17,19H,12-15,18H2. The molecule has 0 N–H and O–H groups in total. The molecule has 0 aliphatic carbocycles. The summed E-state index contributed by atoms with van der Waals surface area (Å²) < 4.78 is 1.89. The lowest BCUT2D eigenvalue weighted by molar-refractivity contribution is 0.249. The lowest BCUT2D eigenvalue weighted by Gasteiger charge is -2.35. The Morgan fingerprint density at radius 3 is 2.38 bits per heavy atom. The molecule has 1 aliphatic heterocycles. The van der Waals surface area contributed by atoms with Crippen LogP contribution >= 0.6 is 0 Å². The highest BCUT2D eigenvalue weighted by Crippen LogP contribution is 2.26. The Hall–Kier alpha value is -3.77. The highest BCUT2D eigenvalue weighted by molar-refractivity contribution is 5.87. The molecule has 0 spiro atoms. The maximum Gasteiger partial charge on any atom is 0.168 e. The van der Waals surface area contributed by atoms with Gasteiger partial charge in [-0.1, -0.05) is 54.6 Å². The van der Waals surface area contributed by atoms with Crippen molar-refractivity contribution in [3.05, 3.63) is 90.9 Å². The van der Waals surface area contributed by atoms with E-state index >= 15 is 0 Å². The average molecular weight is 421 g/mol. The van der Waals surface area contributed by atoms with Crippen LogP contribution in [0.4, 0.5) is 5.82 Å². The topological polar surface area (TPSA) is 50.1 Å². The van der Waals surface area contributed by atoms with Crippen LogP contribution in [0.1, 0.15) is 5.56 Å². The van der Waals surface area contributed by atoms with Crippen molar-refractivity contribution in [3.63, 3.8) is 0 Å². The zero-order chi connectivity index (χ0) is 21.3. The molecule has 3 heterocycles. The number of hydrogen-bond donors (Lipinski definition) is 0. The first kappa shape index (κ1) is 19.0. The number of piperazine rings is 1. The molecule has 32 heavy (non-hydrogen) atoms. The van der Waals surface area contributed by atoms with Crippen LogP contribution in [-0.4, -0.2) is 50.8 Å². The van der Waals surface area contributed by atoms with Crippen molar-refractivity contribution in [2.75, 3.05) is 31.1 Å². The van der Waals surface area contributed by atoms with Gasteiger partial charge in [0.1, 0.15) is 12.1 Å². The smallest absolute Gasteiger partial charge is 0.168 e. The molecule has 6 heteroatoms. The number of fused-ring (bicyclic) bond motifs is 2. The van der Waals surface area contributed by atoms with Crippen molar-refractivity contribution >= 4 is 27.6 Å². The molecule has 0 amide bonds. The molecule has 5 aromatic rings. The molecule has 0 saturated carbocycles. The molecule has 0 unspecified atom stereocenters. The number of nitrogens with zero attached hydrogens (tertiary/aromatic N) is 6. The third kappa shape index (κ3) is 3.48. The van der Waals surface area contributed by atoms with Gasteiger partial charge in [0.25, 0.3) is 0 Å². The average Bonchev–Trinajstić information content (AvgIpc) is 3.29. The predicted octanol–water partition coefficient (Wildman–Crippen LogP) is 4.29. The van der Waals surface area contributed by atoms with E-state index in [0.29, 0.717) is 0 Å². The van der Waals surface area contributed by atoms with Crippen molar-refractivity contribution in [2.24, 2.45) is 0 Å². The summed E-state index contributed by atoms with van der Waals surface area (Å²) in [5.74, 6) is 0.975. The van der Waals surface area contributed by atoms with Gasteiger partial charge < -0.3 is 4.90 Å². The summed E-state index contributed by atoms with van der Waals surface area (Å²) in [6.07, 6.45) is 3.54. The Bertz CT molecular complexity index is 1370. The Balaban J connectivity index is 1.19. The summed E-state index contributed by atoms with van der Waals surface area (Å²) in [4.78, 5) is 14.0. The second kappa shape index (κ2) is 8.05. The first-order valence-electron chi connectivity index (χ1n) is 11.0. The molecule has 6 rings (SSSR count). The van der Waals surface area contributed by atoms with E-state index in [-0.39, 0.29) is 0 Å². The third-order valence-electron chi connectivity index (χ3n) is 6.24. The van der Waals surface area contributed by atoms with Gasteiger partial charge in [0.2, 0.25) is 0 Å². The van der Waals surface area contributed by atoms with Gasteiger partial charge in [-0.15, -0.1) is 0 Å². The maximum absolute atomic E-state index is 4.62. The highest BCUT2D eigenvalue weighted by atomic mass is 15.3. The van der Waals surface area contributed by atoms with Crippen LogP contribution in [0.25, 0.3) is 27.5 Å². The third-order valence-corrected chi connectivity index (χ3v) is 6.24. The van der Waals surface area contributed by atoms with Crippen LogP contribution in [0.3, 0.4) is 0 Å². The van der Waals surface area contributed by atoms with Gasteiger partial charge in [0.15, 0.2) is 5.65 Å². The highest BCUT2D eigenvalue weighted by Gasteiger charge is 2.21. The molecular formula is C26H24N6. The van der Waals surface area contributed by atoms with Crippen molar-refractivity contribution in [2.45, 2.75) is 6.54 Å². The second-order valence-electron chi connectivity index (χ2n) is 8.27. The van der Waals surface area contributed by atoms with Crippen molar-refractivity contribution in [3.8, 4) is 5.69 Å². The van der Waals surface area contributed by atoms with E-state index in [1.54, 1.807) is 6.33 Å². The Labute approximate surface area is 186 Å². The Morgan fingerprint density at radius 2 is 1.53 bits per heavy atom. The summed E-state index contributed by atoms with van der Waals surface area (Å²) in [6.45, 7) is 4.87. The van der Waals surface area contributed by atoms with Crippen molar-refractivity contribution in [1.29, 1.82) is 0 Å². The zero-order valence-electron chi connectivity index (χ0n) is 17.8. The maximum atomic E-state index is 4.62. The molecule has 158 valence electrons. The number of benzene rings is 3. The van der Waals surface area contributed by atoms with Gasteiger partial charge in [0.05, 0.1) is 17.3 Å². The second-order valence-corrected chi connectivity index (χ2v) is 8.27. The molecule has 2 aromatic heterocycles. The number of rotatable bonds is 4. The van der Waals surface area contributed by atoms with Gasteiger partial charge in [0, 0.05) is 32.7 Å². The summed E-state index contributed by atoms with van der Waals surface area (Å²) in [5, 5.41) is 8.20. The van der Waals surface area contributed by atoms with E-state index in [4.69, 9.17) is 0 Å². The van der Waals surface area contributed by atoms with Gasteiger partial charge in [-0.3, -0.25) is 4.90 Å². The number of para-hydroxylation sites is 1. The van der Waals surface area contributed by atoms with E-state index in [0.717, 1.165) is 55.3 Å². The Morgan fingerprint density at radius 1 is 0.750 bits per heavy atom. The molecule has 1 fully saturated rings. The lowest BCUT2D eigenvalue weighted by atomic mass is 10.1. The van der Waals surface area contributed by atoms with Crippen LogP contribution in [0.2, 0.25) is 0 Å². The molecular weight excluding hydrogens is 396 g/mol. The minimum Gasteiger partial charge on any atom is -0.353 e. The molecule has 1 saturated heterocycles. The van der Waals surface area contributed by atoms with Gasteiger partial charge in [-0.05, 0) is 34.5 Å². The molecule has 6 nitrogen and oxygen atoms in total. The van der Waals surface area contributed by atoms with Crippen LogP contribution in [0.15, 0.2) is 85.3 Å². The fraction of sp³-hybridized carbons (Fsp3) is 0.192. The summed E-state index contributed by atoms with van der Waals surface area (Å²) >= 11 is 0. The van der Waals surface area contributed by atoms with Crippen LogP contribution < -0.4 is 4.90 Å². The lowest BCUT2D eigenvalue weighted by Crippen LogP contribution is -2.46. The molecule has 0 bridgehead atoms. The molecule has 0 radical (unpaired) electrons. The van der Waals surface area contributed by atoms with E-state index in [2.05, 4.69) is 67.3 Å².